The van der Waals surface area contributed by atoms with Crippen LogP contribution in [-0.4, -0.2) is 32.8 Å². The maximum Gasteiger partial charge on any atom is 0.0642 e. The van der Waals surface area contributed by atoms with Gasteiger partial charge in [0.1, 0.15) is 0 Å². The molecular weight excluding hydrogens is 248 g/mol. The average molecular weight is 274 g/mol. The summed E-state index contributed by atoms with van der Waals surface area (Å²) >= 11 is 0. The molecule has 0 unspecified atom stereocenters. The molecule has 0 radical (unpaired) electrons. The van der Waals surface area contributed by atoms with Gasteiger partial charge in [0.2, 0.25) is 0 Å². The monoisotopic (exact) mass is 274 g/mol. The summed E-state index contributed by atoms with van der Waals surface area (Å²) in [5.41, 5.74) is 10.6. The Labute approximate surface area is 122 Å². The number of nitrogens with two attached hydrogens (primary N) is 1. The van der Waals surface area contributed by atoms with Crippen LogP contribution in [0.5, 0.6) is 0 Å². The first-order chi connectivity index (χ1) is 9.75. The number of morpholine rings is 1. The lowest BCUT2D eigenvalue weighted by Gasteiger charge is -2.36. The van der Waals surface area contributed by atoms with Gasteiger partial charge in [0.15, 0.2) is 0 Å². The Balaban J connectivity index is 2.01. The molecule has 1 saturated heterocycles. The Morgan fingerprint density at radius 3 is 2.55 bits per heavy atom. The van der Waals surface area contributed by atoms with E-state index in [1.54, 1.807) is 0 Å². The van der Waals surface area contributed by atoms with Crippen molar-refractivity contribution in [2.24, 2.45) is 5.73 Å². The molecule has 3 heteroatoms. The molecule has 0 bridgehead atoms. The van der Waals surface area contributed by atoms with E-state index in [-0.39, 0.29) is 5.41 Å². The molecule has 3 nitrogen and oxygen atoms in total. The fraction of sp³-hybridized carbons (Fsp3) is 0.647. The van der Waals surface area contributed by atoms with Crippen LogP contribution in [0.4, 0.5) is 5.69 Å². The van der Waals surface area contributed by atoms with Crippen molar-refractivity contribution in [2.45, 2.75) is 38.0 Å². The van der Waals surface area contributed by atoms with Crippen LogP contribution < -0.4 is 10.6 Å². The van der Waals surface area contributed by atoms with Gasteiger partial charge >= 0.3 is 0 Å². The third-order valence-electron chi connectivity index (χ3n) is 5.03. The quantitative estimate of drug-likeness (QED) is 0.921. The summed E-state index contributed by atoms with van der Waals surface area (Å²) in [6, 6.07) is 6.92. The highest BCUT2D eigenvalue weighted by molar-refractivity contribution is 5.59. The van der Waals surface area contributed by atoms with E-state index in [2.05, 4.69) is 30.0 Å². The molecule has 0 aromatic heterocycles. The van der Waals surface area contributed by atoms with Crippen LogP contribution in [0, 0.1) is 6.92 Å². The smallest absolute Gasteiger partial charge is 0.0642 e. The zero-order valence-corrected chi connectivity index (χ0v) is 12.5. The van der Waals surface area contributed by atoms with E-state index in [1.165, 1.54) is 42.5 Å². The van der Waals surface area contributed by atoms with Crippen molar-refractivity contribution < 1.29 is 4.74 Å². The Morgan fingerprint density at radius 1 is 1.20 bits per heavy atom. The summed E-state index contributed by atoms with van der Waals surface area (Å²) in [5, 5.41) is 0. The van der Waals surface area contributed by atoms with Gasteiger partial charge in [-0.1, -0.05) is 25.0 Å². The number of ether oxygens (including phenoxy) is 1. The molecule has 1 aromatic carbocycles. The van der Waals surface area contributed by atoms with Gasteiger partial charge in [-0.25, -0.2) is 0 Å². The Hall–Kier alpha value is -1.06. The summed E-state index contributed by atoms with van der Waals surface area (Å²) in [7, 11) is 0. The molecule has 0 spiro atoms. The van der Waals surface area contributed by atoms with Crippen molar-refractivity contribution in [1.82, 2.24) is 0 Å². The fourth-order valence-electron chi connectivity index (χ4n) is 3.79. The maximum absolute atomic E-state index is 6.19. The molecule has 0 atom stereocenters. The zero-order chi connectivity index (χ0) is 14.0. The molecule has 2 N–H and O–H groups in total. The Morgan fingerprint density at radius 2 is 1.90 bits per heavy atom. The van der Waals surface area contributed by atoms with E-state index < -0.39 is 0 Å². The number of aryl methyl sites for hydroxylation is 1. The SMILES string of the molecule is Cc1ccc(C2(CN)CCCC2)c(N2CCOCC2)c1. The summed E-state index contributed by atoms with van der Waals surface area (Å²) in [6.07, 6.45) is 5.11. The highest BCUT2D eigenvalue weighted by atomic mass is 16.5. The van der Waals surface area contributed by atoms with Crippen LogP contribution >= 0.6 is 0 Å². The molecule has 1 heterocycles. The van der Waals surface area contributed by atoms with Crippen molar-refractivity contribution in [2.75, 3.05) is 37.7 Å². The number of rotatable bonds is 3. The van der Waals surface area contributed by atoms with Crippen molar-refractivity contribution in [1.29, 1.82) is 0 Å². The van der Waals surface area contributed by atoms with Gasteiger partial charge in [-0.3, -0.25) is 0 Å². The topological polar surface area (TPSA) is 38.5 Å². The minimum atomic E-state index is 0.210. The number of benzene rings is 1. The van der Waals surface area contributed by atoms with Crippen LogP contribution in [0.3, 0.4) is 0 Å². The first-order valence-corrected chi connectivity index (χ1v) is 7.89. The Kier molecular flexibility index (Phi) is 3.99. The molecule has 20 heavy (non-hydrogen) atoms. The number of nitrogens with zero attached hydrogens (tertiary/aromatic N) is 1. The van der Waals surface area contributed by atoms with Crippen molar-refractivity contribution in [3.05, 3.63) is 29.3 Å². The minimum Gasteiger partial charge on any atom is -0.378 e. The molecule has 2 fully saturated rings. The summed E-state index contributed by atoms with van der Waals surface area (Å²) in [4.78, 5) is 2.49. The van der Waals surface area contributed by atoms with Gasteiger partial charge in [-0.05, 0) is 37.0 Å². The molecule has 1 aliphatic heterocycles. The lowest BCUT2D eigenvalue weighted by Crippen LogP contribution is -2.40. The van der Waals surface area contributed by atoms with Gasteiger partial charge < -0.3 is 15.4 Å². The van der Waals surface area contributed by atoms with Crippen molar-refractivity contribution in [3.63, 3.8) is 0 Å². The highest BCUT2D eigenvalue weighted by Gasteiger charge is 2.37. The number of hydrogen-bond acceptors (Lipinski definition) is 3. The predicted molar refractivity (Wildman–Crippen MR) is 83.4 cm³/mol. The largest absolute Gasteiger partial charge is 0.378 e. The summed E-state index contributed by atoms with van der Waals surface area (Å²) < 4.78 is 5.50. The molecular formula is C17H26N2O. The van der Waals surface area contributed by atoms with Gasteiger partial charge in [-0.15, -0.1) is 0 Å². The third-order valence-corrected chi connectivity index (χ3v) is 5.03. The Bertz CT molecular complexity index is 460. The van der Waals surface area contributed by atoms with Gasteiger partial charge in [-0.2, -0.15) is 0 Å². The van der Waals surface area contributed by atoms with Crippen LogP contribution in [0.2, 0.25) is 0 Å². The molecule has 110 valence electrons. The normalized spacial score (nSPS) is 22.2. The molecule has 3 rings (SSSR count). The van der Waals surface area contributed by atoms with Crippen LogP contribution in [0.25, 0.3) is 0 Å². The van der Waals surface area contributed by atoms with Crippen molar-refractivity contribution >= 4 is 5.69 Å². The molecule has 1 saturated carbocycles. The molecule has 1 aromatic rings. The standard InChI is InChI=1S/C17H26N2O/c1-14-4-5-15(17(13-18)6-2-3-7-17)16(12-14)19-8-10-20-11-9-19/h4-5,12H,2-3,6-11,13,18H2,1H3. The predicted octanol–water partition coefficient (Wildman–Crippen LogP) is 2.60. The highest BCUT2D eigenvalue weighted by Crippen LogP contribution is 2.44. The molecule has 2 aliphatic rings. The minimum absolute atomic E-state index is 0.210. The molecule has 1 aliphatic carbocycles. The van der Waals surface area contributed by atoms with Crippen molar-refractivity contribution in [3.8, 4) is 0 Å². The van der Waals surface area contributed by atoms with Crippen LogP contribution in [0.15, 0.2) is 18.2 Å². The number of anilines is 1. The van der Waals surface area contributed by atoms with E-state index in [4.69, 9.17) is 10.5 Å². The lowest BCUT2D eigenvalue weighted by molar-refractivity contribution is 0.122. The van der Waals surface area contributed by atoms with Crippen LogP contribution in [-0.2, 0) is 10.2 Å². The zero-order valence-electron chi connectivity index (χ0n) is 12.5. The molecule has 0 amide bonds. The first-order valence-electron chi connectivity index (χ1n) is 7.89. The van der Waals surface area contributed by atoms with E-state index in [0.29, 0.717) is 0 Å². The first kappa shape index (κ1) is 13.9. The second-order valence-electron chi connectivity index (χ2n) is 6.31. The van der Waals surface area contributed by atoms with E-state index in [9.17, 15) is 0 Å². The van der Waals surface area contributed by atoms with Gasteiger partial charge in [0, 0.05) is 30.7 Å². The fourth-order valence-corrected chi connectivity index (χ4v) is 3.79. The van der Waals surface area contributed by atoms with E-state index in [1.807, 2.05) is 0 Å². The van der Waals surface area contributed by atoms with Gasteiger partial charge in [0.25, 0.3) is 0 Å². The van der Waals surface area contributed by atoms with Crippen LogP contribution in [0.1, 0.15) is 36.8 Å². The maximum atomic E-state index is 6.19. The summed E-state index contributed by atoms with van der Waals surface area (Å²) in [6.45, 7) is 6.62. The number of hydrogen-bond donors (Lipinski definition) is 1. The second kappa shape index (κ2) is 5.74. The van der Waals surface area contributed by atoms with E-state index in [0.717, 1.165) is 32.8 Å². The second-order valence-corrected chi connectivity index (χ2v) is 6.31. The summed E-state index contributed by atoms with van der Waals surface area (Å²) in [5.74, 6) is 0. The lowest BCUT2D eigenvalue weighted by atomic mass is 9.77. The average Bonchev–Trinajstić information content (AvgIpc) is 2.98. The van der Waals surface area contributed by atoms with Gasteiger partial charge in [0.05, 0.1) is 13.2 Å². The third kappa shape index (κ3) is 2.45. The van der Waals surface area contributed by atoms with E-state index >= 15 is 0 Å².